The van der Waals surface area contributed by atoms with Crippen LogP contribution in [0.2, 0.25) is 0 Å². The Morgan fingerprint density at radius 3 is 1.00 bits per heavy atom. The highest BCUT2D eigenvalue weighted by molar-refractivity contribution is 6.25. The highest BCUT2D eigenvalue weighted by Gasteiger charge is 2.20. The fraction of sp³-hybridized carbons (Fsp3) is 1.00. The molecule has 0 radical (unpaired) electrons. The van der Waals surface area contributed by atoms with E-state index in [1.54, 1.807) is 4.90 Å². The molecular weight excluding hydrogens is 192 g/mol. The lowest BCUT2D eigenvalue weighted by Gasteiger charge is -2.29. The molecular formula is C6H12Cl3N. The maximum absolute atomic E-state index is 5.79. The number of halogens is 3. The third-order valence-corrected chi connectivity index (χ3v) is 1.91. The van der Waals surface area contributed by atoms with Gasteiger partial charge in [-0.15, -0.1) is 34.8 Å². The molecule has 0 aliphatic heterocycles. The van der Waals surface area contributed by atoms with Crippen molar-refractivity contribution < 1.29 is 0 Å². The van der Waals surface area contributed by atoms with Gasteiger partial charge in [-0.3, -0.25) is 4.90 Å². The van der Waals surface area contributed by atoms with E-state index in [-0.39, 0.29) is 16.5 Å². The third-order valence-electron chi connectivity index (χ3n) is 1.23. The van der Waals surface area contributed by atoms with Crippen molar-refractivity contribution in [3.63, 3.8) is 0 Å². The summed E-state index contributed by atoms with van der Waals surface area (Å²) in [5, 5.41) is 0. The quantitative estimate of drug-likeness (QED) is 0.505. The van der Waals surface area contributed by atoms with Gasteiger partial charge < -0.3 is 0 Å². The van der Waals surface area contributed by atoms with Crippen LogP contribution in [0.4, 0.5) is 0 Å². The van der Waals surface area contributed by atoms with Crippen molar-refractivity contribution in [3.05, 3.63) is 0 Å². The van der Waals surface area contributed by atoms with Crippen molar-refractivity contribution in [2.24, 2.45) is 0 Å². The summed E-state index contributed by atoms with van der Waals surface area (Å²) in [6.07, 6.45) is 0. The van der Waals surface area contributed by atoms with E-state index in [0.717, 1.165) is 0 Å². The van der Waals surface area contributed by atoms with Gasteiger partial charge in [0.15, 0.2) is 0 Å². The zero-order valence-corrected chi connectivity index (χ0v) is 8.58. The summed E-state index contributed by atoms with van der Waals surface area (Å²) in [6.45, 7) is 5.54. The first-order valence-corrected chi connectivity index (χ1v) is 4.47. The average Bonchev–Trinajstić information content (AvgIpc) is 1.59. The largest absolute Gasteiger partial charge is 0.255 e. The zero-order valence-electron chi connectivity index (χ0n) is 6.31. The molecule has 0 saturated heterocycles. The van der Waals surface area contributed by atoms with Crippen LogP contribution in [0, 0.1) is 0 Å². The molecule has 0 bridgehead atoms. The molecule has 10 heavy (non-hydrogen) atoms. The van der Waals surface area contributed by atoms with Gasteiger partial charge in [-0.25, -0.2) is 0 Å². The fourth-order valence-corrected chi connectivity index (χ4v) is 2.04. The first-order chi connectivity index (χ1) is 4.46. The predicted octanol–water partition coefficient (Wildman–Crippen LogP) is 3.04. The number of rotatable bonds is 3. The Bertz CT molecular complexity index is 74.0. The van der Waals surface area contributed by atoms with Crippen molar-refractivity contribution in [1.82, 2.24) is 4.90 Å². The van der Waals surface area contributed by atoms with Gasteiger partial charge in [0.1, 0.15) is 0 Å². The van der Waals surface area contributed by atoms with E-state index < -0.39 is 0 Å². The molecule has 0 N–H and O–H groups in total. The summed E-state index contributed by atoms with van der Waals surface area (Å²) in [5.74, 6) is 0. The highest BCUT2D eigenvalue weighted by Crippen LogP contribution is 2.18. The minimum Gasteiger partial charge on any atom is -0.255 e. The molecule has 62 valence electrons. The van der Waals surface area contributed by atoms with E-state index in [1.165, 1.54) is 0 Å². The third kappa shape index (κ3) is 3.29. The second-order valence-electron chi connectivity index (χ2n) is 2.17. The molecule has 0 aromatic heterocycles. The summed E-state index contributed by atoms with van der Waals surface area (Å²) < 4.78 is 0. The maximum atomic E-state index is 5.79. The molecule has 3 atom stereocenters. The normalized spacial score (nSPS) is 20.7. The minimum absolute atomic E-state index is 0.125. The number of alkyl halides is 3. The van der Waals surface area contributed by atoms with Gasteiger partial charge >= 0.3 is 0 Å². The van der Waals surface area contributed by atoms with Crippen LogP contribution in [0.5, 0.6) is 0 Å². The van der Waals surface area contributed by atoms with Gasteiger partial charge in [-0.2, -0.15) is 0 Å². The van der Waals surface area contributed by atoms with E-state index in [4.69, 9.17) is 34.8 Å². The molecule has 0 aliphatic carbocycles. The molecule has 1 nitrogen and oxygen atoms in total. The molecule has 0 aliphatic rings. The first-order valence-electron chi connectivity index (χ1n) is 3.16. The second-order valence-corrected chi connectivity index (χ2v) is 4.06. The number of nitrogens with zero attached hydrogens (tertiary/aromatic N) is 1. The van der Waals surface area contributed by atoms with Crippen LogP contribution < -0.4 is 0 Å². The zero-order chi connectivity index (χ0) is 8.31. The van der Waals surface area contributed by atoms with E-state index in [2.05, 4.69) is 0 Å². The average molecular weight is 205 g/mol. The Morgan fingerprint density at radius 1 is 0.800 bits per heavy atom. The maximum Gasteiger partial charge on any atom is 0.0845 e. The molecule has 3 unspecified atom stereocenters. The van der Waals surface area contributed by atoms with Crippen LogP contribution in [0.1, 0.15) is 20.8 Å². The molecule has 0 heterocycles. The molecule has 0 aromatic carbocycles. The van der Waals surface area contributed by atoms with Crippen molar-refractivity contribution >= 4 is 34.8 Å². The van der Waals surface area contributed by atoms with Gasteiger partial charge in [0.25, 0.3) is 0 Å². The summed E-state index contributed by atoms with van der Waals surface area (Å²) in [7, 11) is 0. The number of hydrogen-bond donors (Lipinski definition) is 0. The lowest BCUT2D eigenvalue weighted by atomic mass is 10.5. The van der Waals surface area contributed by atoms with E-state index in [0.29, 0.717) is 0 Å². The van der Waals surface area contributed by atoms with Crippen molar-refractivity contribution in [3.8, 4) is 0 Å². The Balaban J connectivity index is 3.98. The van der Waals surface area contributed by atoms with Gasteiger partial charge in [0.2, 0.25) is 0 Å². The minimum atomic E-state index is -0.125. The van der Waals surface area contributed by atoms with Crippen molar-refractivity contribution in [1.29, 1.82) is 0 Å². The van der Waals surface area contributed by atoms with Crippen LogP contribution in [-0.4, -0.2) is 21.4 Å². The fourth-order valence-electron chi connectivity index (χ4n) is 0.849. The van der Waals surface area contributed by atoms with Crippen LogP contribution in [0.15, 0.2) is 0 Å². The summed E-state index contributed by atoms with van der Waals surface area (Å²) in [6, 6.07) is 0. The van der Waals surface area contributed by atoms with Gasteiger partial charge in [-0.05, 0) is 20.8 Å². The lowest BCUT2D eigenvalue weighted by molar-refractivity contribution is 0.239. The van der Waals surface area contributed by atoms with Crippen LogP contribution in [-0.2, 0) is 0 Å². The molecule has 4 heteroatoms. The second kappa shape index (κ2) is 4.66. The van der Waals surface area contributed by atoms with Crippen molar-refractivity contribution in [2.75, 3.05) is 0 Å². The van der Waals surface area contributed by atoms with E-state index >= 15 is 0 Å². The number of hydrogen-bond acceptors (Lipinski definition) is 1. The molecule has 0 fully saturated rings. The first kappa shape index (κ1) is 10.8. The standard InChI is InChI=1S/C6H12Cl3N/c1-4(7)10(5(2)8)6(3)9/h4-6H,1-3H3. The lowest BCUT2D eigenvalue weighted by Crippen LogP contribution is -2.38. The van der Waals surface area contributed by atoms with Gasteiger partial charge in [-0.1, -0.05) is 0 Å². The van der Waals surface area contributed by atoms with Gasteiger partial charge in [0, 0.05) is 0 Å². The van der Waals surface area contributed by atoms with Crippen LogP contribution in [0.25, 0.3) is 0 Å². The van der Waals surface area contributed by atoms with Gasteiger partial charge in [0.05, 0.1) is 16.5 Å². The Morgan fingerprint density at radius 2 is 1.00 bits per heavy atom. The van der Waals surface area contributed by atoms with Crippen LogP contribution >= 0.6 is 34.8 Å². The molecule has 0 spiro atoms. The Hall–Kier alpha value is 0.830. The summed E-state index contributed by atoms with van der Waals surface area (Å²) in [4.78, 5) is 1.80. The molecule has 0 saturated carbocycles. The summed E-state index contributed by atoms with van der Waals surface area (Å²) in [5.41, 5.74) is -0.375. The Kier molecular flexibility index (Phi) is 5.04. The predicted molar refractivity (Wildman–Crippen MR) is 47.8 cm³/mol. The smallest absolute Gasteiger partial charge is 0.0845 e. The Labute approximate surface area is 77.2 Å². The molecule has 0 rings (SSSR count). The molecule has 0 aromatic rings. The van der Waals surface area contributed by atoms with Crippen molar-refractivity contribution in [2.45, 2.75) is 37.3 Å². The van der Waals surface area contributed by atoms with E-state index in [9.17, 15) is 0 Å². The monoisotopic (exact) mass is 203 g/mol. The topological polar surface area (TPSA) is 3.24 Å². The summed E-state index contributed by atoms with van der Waals surface area (Å²) >= 11 is 17.4. The molecule has 0 amide bonds. The SMILES string of the molecule is CC(Cl)N(C(C)Cl)C(C)Cl. The highest BCUT2D eigenvalue weighted by atomic mass is 35.5. The van der Waals surface area contributed by atoms with Crippen LogP contribution in [0.3, 0.4) is 0 Å². The van der Waals surface area contributed by atoms with E-state index in [1.807, 2.05) is 20.8 Å².